The molecule has 0 saturated heterocycles. The highest BCUT2D eigenvalue weighted by Crippen LogP contribution is 2.32. The Hall–Kier alpha value is -2.74. The lowest BCUT2D eigenvalue weighted by atomic mass is 10.2. The van der Waals surface area contributed by atoms with Crippen molar-refractivity contribution in [3.05, 3.63) is 52.5 Å². The van der Waals surface area contributed by atoms with Crippen LogP contribution in [0.25, 0.3) is 0 Å². The highest BCUT2D eigenvalue weighted by molar-refractivity contribution is 9.10. The van der Waals surface area contributed by atoms with Crippen LogP contribution in [-0.4, -0.2) is 25.2 Å². The van der Waals surface area contributed by atoms with Crippen LogP contribution in [0.1, 0.15) is 23.2 Å². The summed E-state index contributed by atoms with van der Waals surface area (Å²) in [7, 11) is 0. The van der Waals surface area contributed by atoms with Crippen molar-refractivity contribution >= 4 is 27.7 Å². The number of hydrogen-bond acceptors (Lipinski definition) is 5. The van der Waals surface area contributed by atoms with Gasteiger partial charge in [-0.2, -0.15) is 0 Å². The van der Waals surface area contributed by atoms with E-state index in [4.69, 9.17) is 14.2 Å². The number of carbonyl (C=O) groups excluding carboxylic acids is 2. The van der Waals surface area contributed by atoms with Crippen LogP contribution in [-0.2, 0) is 4.79 Å². The fraction of sp³-hybridized carbons (Fsp3) is 0.222. The molecule has 1 aliphatic rings. The summed E-state index contributed by atoms with van der Waals surface area (Å²) in [6, 6.07) is 12.3. The van der Waals surface area contributed by atoms with Crippen molar-refractivity contribution < 1.29 is 23.8 Å². The third kappa shape index (κ3) is 4.66. The Kier molecular flexibility index (Phi) is 5.96. The number of amides is 2. The minimum atomic E-state index is -0.430. The van der Waals surface area contributed by atoms with Crippen LogP contribution >= 0.6 is 15.9 Å². The van der Waals surface area contributed by atoms with Gasteiger partial charge in [0.1, 0.15) is 5.75 Å². The van der Waals surface area contributed by atoms with Gasteiger partial charge in [-0.05, 0) is 52.7 Å². The molecule has 2 N–H and O–H groups in total. The van der Waals surface area contributed by atoms with Gasteiger partial charge in [0.2, 0.25) is 12.7 Å². The Bertz CT molecular complexity index is 812. The van der Waals surface area contributed by atoms with E-state index in [0.717, 1.165) is 10.2 Å². The van der Waals surface area contributed by atoms with Gasteiger partial charge < -0.3 is 14.2 Å². The minimum Gasteiger partial charge on any atom is -0.492 e. The van der Waals surface area contributed by atoms with E-state index < -0.39 is 5.91 Å². The third-order valence-electron chi connectivity index (χ3n) is 3.59. The normalized spacial score (nSPS) is 11.7. The summed E-state index contributed by atoms with van der Waals surface area (Å²) in [5, 5.41) is 0. The molecule has 2 aromatic carbocycles. The van der Waals surface area contributed by atoms with Crippen LogP contribution in [0.15, 0.2) is 46.9 Å². The maximum absolute atomic E-state index is 12.0. The second-order valence-electron chi connectivity index (χ2n) is 5.45. The summed E-state index contributed by atoms with van der Waals surface area (Å²) in [6.45, 7) is 0.533. The second kappa shape index (κ2) is 8.57. The molecule has 3 rings (SSSR count). The molecule has 7 nitrogen and oxygen atoms in total. The molecule has 0 aliphatic carbocycles. The van der Waals surface area contributed by atoms with Crippen LogP contribution in [0, 0.1) is 0 Å². The smallest absolute Gasteiger partial charge is 0.269 e. The SMILES string of the molecule is O=C(CCCOc1ccccc1Br)NNC(=O)c1ccc2c(c1)OCO2. The van der Waals surface area contributed by atoms with Gasteiger partial charge in [0, 0.05) is 12.0 Å². The Morgan fingerprint density at radius 3 is 2.73 bits per heavy atom. The van der Waals surface area contributed by atoms with E-state index in [9.17, 15) is 9.59 Å². The molecule has 1 heterocycles. The number of fused-ring (bicyclic) bond motifs is 1. The molecule has 0 fully saturated rings. The summed E-state index contributed by atoms with van der Waals surface area (Å²) in [6.07, 6.45) is 0.749. The van der Waals surface area contributed by atoms with Gasteiger partial charge in [-0.25, -0.2) is 0 Å². The summed E-state index contributed by atoms with van der Waals surface area (Å²) in [5.74, 6) is 1.10. The van der Waals surface area contributed by atoms with Gasteiger partial charge in [-0.3, -0.25) is 20.4 Å². The molecule has 2 aromatic rings. The lowest BCUT2D eigenvalue weighted by Crippen LogP contribution is -2.41. The van der Waals surface area contributed by atoms with E-state index in [2.05, 4.69) is 26.8 Å². The van der Waals surface area contributed by atoms with Gasteiger partial charge >= 0.3 is 0 Å². The topological polar surface area (TPSA) is 85.9 Å². The maximum Gasteiger partial charge on any atom is 0.269 e. The van der Waals surface area contributed by atoms with Gasteiger partial charge in [-0.1, -0.05) is 12.1 Å². The first-order valence-corrected chi connectivity index (χ1v) is 8.79. The second-order valence-corrected chi connectivity index (χ2v) is 6.31. The zero-order valence-corrected chi connectivity index (χ0v) is 15.4. The van der Waals surface area contributed by atoms with Crippen molar-refractivity contribution in [1.29, 1.82) is 0 Å². The lowest BCUT2D eigenvalue weighted by molar-refractivity contribution is -0.122. The van der Waals surface area contributed by atoms with Crippen molar-refractivity contribution in [3.63, 3.8) is 0 Å². The Balaban J connectivity index is 1.37. The first-order valence-electron chi connectivity index (χ1n) is 7.99. The zero-order chi connectivity index (χ0) is 18.4. The number of carbonyl (C=O) groups is 2. The molecule has 136 valence electrons. The molecule has 26 heavy (non-hydrogen) atoms. The van der Waals surface area contributed by atoms with Gasteiger partial charge in [0.25, 0.3) is 5.91 Å². The first kappa shape index (κ1) is 18.1. The number of benzene rings is 2. The van der Waals surface area contributed by atoms with Gasteiger partial charge in [0.05, 0.1) is 11.1 Å². The van der Waals surface area contributed by atoms with Crippen LogP contribution < -0.4 is 25.1 Å². The summed E-state index contributed by atoms with van der Waals surface area (Å²) < 4.78 is 16.9. The van der Waals surface area contributed by atoms with E-state index in [1.165, 1.54) is 0 Å². The van der Waals surface area contributed by atoms with Crippen LogP contribution in [0.2, 0.25) is 0 Å². The number of hydrazine groups is 1. The molecule has 0 atom stereocenters. The average molecular weight is 421 g/mol. The number of nitrogens with one attached hydrogen (secondary N) is 2. The monoisotopic (exact) mass is 420 g/mol. The standard InChI is InChI=1S/C18H17BrN2O5/c19-13-4-1-2-5-14(13)24-9-3-6-17(22)20-21-18(23)12-7-8-15-16(10-12)26-11-25-15/h1-2,4-5,7-8,10H,3,6,9,11H2,(H,20,22)(H,21,23). The van der Waals surface area contributed by atoms with Gasteiger partial charge in [0.15, 0.2) is 11.5 Å². The number of halogens is 1. The average Bonchev–Trinajstić information content (AvgIpc) is 3.12. The highest BCUT2D eigenvalue weighted by Gasteiger charge is 2.16. The van der Waals surface area contributed by atoms with Crippen molar-refractivity contribution in [2.75, 3.05) is 13.4 Å². The molecular weight excluding hydrogens is 404 g/mol. The first-order chi connectivity index (χ1) is 12.6. The largest absolute Gasteiger partial charge is 0.492 e. The molecule has 8 heteroatoms. The molecule has 1 aliphatic heterocycles. The molecule has 0 unspecified atom stereocenters. The lowest BCUT2D eigenvalue weighted by Gasteiger charge is -2.09. The summed E-state index contributed by atoms with van der Waals surface area (Å²) in [4.78, 5) is 23.9. The molecule has 2 amide bonds. The van der Waals surface area contributed by atoms with Crippen LogP contribution in [0.4, 0.5) is 0 Å². The summed E-state index contributed by atoms with van der Waals surface area (Å²) in [5.41, 5.74) is 5.13. The van der Waals surface area contributed by atoms with Crippen LogP contribution in [0.3, 0.4) is 0 Å². The number of para-hydroxylation sites is 1. The fourth-order valence-corrected chi connectivity index (χ4v) is 2.67. The number of rotatable bonds is 6. The quantitative estimate of drug-likeness (QED) is 0.554. The molecule has 0 aromatic heterocycles. The highest BCUT2D eigenvalue weighted by atomic mass is 79.9. The van der Waals surface area contributed by atoms with E-state index in [1.807, 2.05) is 24.3 Å². The number of hydrogen-bond donors (Lipinski definition) is 2. The predicted octanol–water partition coefficient (Wildman–Crippen LogP) is 2.80. The summed E-state index contributed by atoms with van der Waals surface area (Å²) >= 11 is 3.39. The van der Waals surface area contributed by atoms with E-state index >= 15 is 0 Å². The van der Waals surface area contributed by atoms with Crippen LogP contribution in [0.5, 0.6) is 17.2 Å². The molecule has 0 saturated carbocycles. The van der Waals surface area contributed by atoms with E-state index in [1.54, 1.807) is 18.2 Å². The third-order valence-corrected chi connectivity index (χ3v) is 4.25. The van der Waals surface area contributed by atoms with E-state index in [-0.39, 0.29) is 19.1 Å². The van der Waals surface area contributed by atoms with Crippen molar-refractivity contribution in [2.45, 2.75) is 12.8 Å². The Morgan fingerprint density at radius 2 is 1.88 bits per heavy atom. The Morgan fingerprint density at radius 1 is 1.08 bits per heavy atom. The van der Waals surface area contributed by atoms with Crippen molar-refractivity contribution in [1.82, 2.24) is 10.9 Å². The molecular formula is C18H17BrN2O5. The maximum atomic E-state index is 12.0. The van der Waals surface area contributed by atoms with Gasteiger partial charge in [-0.15, -0.1) is 0 Å². The molecule has 0 spiro atoms. The van der Waals surface area contributed by atoms with Crippen molar-refractivity contribution in [2.24, 2.45) is 0 Å². The Labute approximate surface area is 158 Å². The zero-order valence-electron chi connectivity index (χ0n) is 13.8. The molecule has 0 radical (unpaired) electrons. The minimum absolute atomic E-state index is 0.138. The molecule has 0 bridgehead atoms. The van der Waals surface area contributed by atoms with E-state index in [0.29, 0.717) is 30.1 Å². The fourth-order valence-electron chi connectivity index (χ4n) is 2.28. The number of ether oxygens (including phenoxy) is 3. The predicted molar refractivity (Wildman–Crippen MR) is 97.0 cm³/mol. The van der Waals surface area contributed by atoms with Crippen molar-refractivity contribution in [3.8, 4) is 17.2 Å².